The van der Waals surface area contributed by atoms with Crippen molar-refractivity contribution >= 4 is 15.9 Å². The van der Waals surface area contributed by atoms with E-state index < -0.39 is 0 Å². The minimum atomic E-state index is 0.182. The van der Waals surface area contributed by atoms with Crippen LogP contribution in [0.1, 0.15) is 12.0 Å². The summed E-state index contributed by atoms with van der Waals surface area (Å²) in [5.74, 6) is 0.869. The van der Waals surface area contributed by atoms with Gasteiger partial charge in [-0.3, -0.25) is 0 Å². The summed E-state index contributed by atoms with van der Waals surface area (Å²) in [6.45, 7) is 4.25. The van der Waals surface area contributed by atoms with Crippen molar-refractivity contribution in [3.63, 3.8) is 0 Å². The van der Waals surface area contributed by atoms with Crippen LogP contribution in [0.25, 0.3) is 0 Å². The molecule has 1 aliphatic heterocycles. The highest BCUT2D eigenvalue weighted by atomic mass is 79.9. The fourth-order valence-electron chi connectivity index (χ4n) is 2.77. The molecule has 1 unspecified atom stereocenters. The highest BCUT2D eigenvalue weighted by Gasteiger charge is 2.34. The zero-order valence-electron chi connectivity index (χ0n) is 12.8. The van der Waals surface area contributed by atoms with Crippen molar-refractivity contribution < 1.29 is 14.2 Å². The lowest BCUT2D eigenvalue weighted by atomic mass is 9.81. The number of halogens is 1. The number of methoxy groups -OCH3 is 2. The normalized spacial score (nSPS) is 21.7. The molecule has 118 valence electrons. The summed E-state index contributed by atoms with van der Waals surface area (Å²) in [6, 6.07) is 6.30. The van der Waals surface area contributed by atoms with Crippen molar-refractivity contribution in [1.29, 1.82) is 0 Å². The molecule has 0 radical (unpaired) electrons. The van der Waals surface area contributed by atoms with Crippen LogP contribution in [0.3, 0.4) is 0 Å². The van der Waals surface area contributed by atoms with Crippen LogP contribution in [0.2, 0.25) is 0 Å². The summed E-state index contributed by atoms with van der Waals surface area (Å²) in [5.41, 5.74) is 1.49. The zero-order chi connectivity index (χ0) is 15.1. The second-order valence-electron chi connectivity index (χ2n) is 5.62. The largest absolute Gasteiger partial charge is 0.496 e. The smallest absolute Gasteiger partial charge is 0.133 e. The van der Waals surface area contributed by atoms with Gasteiger partial charge in [0.2, 0.25) is 0 Å². The Balaban J connectivity index is 2.00. The Labute approximate surface area is 135 Å². The van der Waals surface area contributed by atoms with Crippen LogP contribution in [0.4, 0.5) is 0 Å². The van der Waals surface area contributed by atoms with Gasteiger partial charge in [-0.25, -0.2) is 0 Å². The summed E-state index contributed by atoms with van der Waals surface area (Å²) in [6.07, 6.45) is 2.10. The van der Waals surface area contributed by atoms with Crippen molar-refractivity contribution in [2.24, 2.45) is 5.41 Å². The van der Waals surface area contributed by atoms with Gasteiger partial charge in [-0.2, -0.15) is 0 Å². The number of hydrogen-bond acceptors (Lipinski definition) is 4. The first-order chi connectivity index (χ1) is 10.2. The molecule has 1 aromatic carbocycles. The fourth-order valence-corrected chi connectivity index (χ4v) is 3.36. The standard InChI is InChI=1S/C16H24BrNO3/c1-19-8-6-18-11-16(5-7-21-12-16)10-13-3-4-15(20-2)14(17)9-13/h3-4,9,18H,5-8,10-12H2,1-2H3. The summed E-state index contributed by atoms with van der Waals surface area (Å²) in [7, 11) is 3.41. The van der Waals surface area contributed by atoms with Crippen molar-refractivity contribution in [3.8, 4) is 5.75 Å². The Morgan fingerprint density at radius 2 is 2.24 bits per heavy atom. The molecular formula is C16H24BrNO3. The Kier molecular flexibility index (Phi) is 6.48. The lowest BCUT2D eigenvalue weighted by Crippen LogP contribution is -2.38. The molecule has 1 N–H and O–H groups in total. The van der Waals surface area contributed by atoms with Crippen molar-refractivity contribution in [3.05, 3.63) is 28.2 Å². The maximum Gasteiger partial charge on any atom is 0.133 e. The lowest BCUT2D eigenvalue weighted by Gasteiger charge is -2.28. The minimum absolute atomic E-state index is 0.182. The van der Waals surface area contributed by atoms with Crippen LogP contribution in [0.5, 0.6) is 5.75 Å². The van der Waals surface area contributed by atoms with Gasteiger partial charge >= 0.3 is 0 Å². The Morgan fingerprint density at radius 1 is 1.38 bits per heavy atom. The van der Waals surface area contributed by atoms with E-state index in [1.807, 2.05) is 6.07 Å². The molecule has 0 aliphatic carbocycles. The molecule has 21 heavy (non-hydrogen) atoms. The Bertz CT molecular complexity index is 447. The second-order valence-corrected chi connectivity index (χ2v) is 6.47. The molecule has 0 bridgehead atoms. The van der Waals surface area contributed by atoms with Gasteiger partial charge in [0.25, 0.3) is 0 Å². The maximum atomic E-state index is 5.66. The van der Waals surface area contributed by atoms with Crippen LogP contribution in [0.15, 0.2) is 22.7 Å². The minimum Gasteiger partial charge on any atom is -0.496 e. The van der Waals surface area contributed by atoms with E-state index in [0.29, 0.717) is 0 Å². The van der Waals surface area contributed by atoms with Gasteiger partial charge in [0.15, 0.2) is 0 Å². The summed E-state index contributed by atoms with van der Waals surface area (Å²) < 4.78 is 17.0. The number of benzene rings is 1. The van der Waals surface area contributed by atoms with Gasteiger partial charge in [0.05, 0.1) is 24.8 Å². The highest BCUT2D eigenvalue weighted by Crippen LogP contribution is 2.34. The molecule has 1 atom stereocenters. The van der Waals surface area contributed by atoms with Gasteiger partial charge in [-0.1, -0.05) is 6.07 Å². The number of ether oxygens (including phenoxy) is 3. The predicted molar refractivity (Wildman–Crippen MR) is 87.0 cm³/mol. The zero-order valence-corrected chi connectivity index (χ0v) is 14.4. The molecule has 5 heteroatoms. The first-order valence-corrected chi connectivity index (χ1v) is 8.08. The average molecular weight is 358 g/mol. The van der Waals surface area contributed by atoms with E-state index >= 15 is 0 Å². The van der Waals surface area contributed by atoms with E-state index in [0.717, 1.165) is 56.0 Å². The average Bonchev–Trinajstić information content (AvgIpc) is 2.93. The van der Waals surface area contributed by atoms with Gasteiger partial charge in [0, 0.05) is 32.2 Å². The van der Waals surface area contributed by atoms with E-state index in [1.54, 1.807) is 14.2 Å². The SMILES string of the molecule is COCCNCC1(Cc2ccc(OC)c(Br)c2)CCOC1. The van der Waals surface area contributed by atoms with Crippen LogP contribution < -0.4 is 10.1 Å². The first-order valence-electron chi connectivity index (χ1n) is 7.29. The molecule has 1 saturated heterocycles. The monoisotopic (exact) mass is 357 g/mol. The van der Waals surface area contributed by atoms with Crippen LogP contribution >= 0.6 is 15.9 Å². The van der Waals surface area contributed by atoms with E-state index in [2.05, 4.69) is 33.4 Å². The molecule has 1 heterocycles. The number of rotatable bonds is 8. The maximum absolute atomic E-state index is 5.66. The molecule has 4 nitrogen and oxygen atoms in total. The summed E-state index contributed by atoms with van der Waals surface area (Å²) in [4.78, 5) is 0. The Hall–Kier alpha value is -0.620. The Morgan fingerprint density at radius 3 is 2.86 bits per heavy atom. The molecule has 0 aromatic heterocycles. The third kappa shape index (κ3) is 4.68. The van der Waals surface area contributed by atoms with Crippen LogP contribution in [0, 0.1) is 5.41 Å². The van der Waals surface area contributed by atoms with Crippen LogP contribution in [-0.4, -0.2) is 47.1 Å². The predicted octanol–water partition coefficient (Wildman–Crippen LogP) is 2.64. The number of hydrogen-bond donors (Lipinski definition) is 1. The topological polar surface area (TPSA) is 39.7 Å². The fraction of sp³-hybridized carbons (Fsp3) is 0.625. The van der Waals surface area contributed by atoms with E-state index in [9.17, 15) is 0 Å². The lowest BCUT2D eigenvalue weighted by molar-refractivity contribution is 0.145. The van der Waals surface area contributed by atoms with Gasteiger partial charge in [-0.15, -0.1) is 0 Å². The summed E-state index contributed by atoms with van der Waals surface area (Å²) >= 11 is 3.56. The number of nitrogens with one attached hydrogen (secondary N) is 1. The van der Waals surface area contributed by atoms with E-state index in [4.69, 9.17) is 14.2 Å². The molecule has 1 fully saturated rings. The van der Waals surface area contributed by atoms with Crippen LogP contribution in [-0.2, 0) is 15.9 Å². The second kappa shape index (κ2) is 8.13. The van der Waals surface area contributed by atoms with Crippen molar-refractivity contribution in [2.45, 2.75) is 12.8 Å². The molecule has 1 aromatic rings. The van der Waals surface area contributed by atoms with E-state index in [-0.39, 0.29) is 5.41 Å². The van der Waals surface area contributed by atoms with Crippen molar-refractivity contribution in [2.75, 3.05) is 47.1 Å². The first kappa shape index (κ1) is 16.7. The third-order valence-corrected chi connectivity index (χ3v) is 4.58. The molecule has 1 aliphatic rings. The molecule has 2 rings (SSSR count). The quantitative estimate of drug-likeness (QED) is 0.726. The molecule has 0 spiro atoms. The van der Waals surface area contributed by atoms with Crippen molar-refractivity contribution in [1.82, 2.24) is 5.32 Å². The molecule has 0 saturated carbocycles. The van der Waals surface area contributed by atoms with Gasteiger partial charge in [0.1, 0.15) is 5.75 Å². The molecular weight excluding hydrogens is 334 g/mol. The van der Waals surface area contributed by atoms with Gasteiger partial charge < -0.3 is 19.5 Å². The highest BCUT2D eigenvalue weighted by molar-refractivity contribution is 9.10. The molecule has 0 amide bonds. The van der Waals surface area contributed by atoms with E-state index in [1.165, 1.54) is 5.56 Å². The van der Waals surface area contributed by atoms with Gasteiger partial charge in [-0.05, 0) is 46.5 Å². The summed E-state index contributed by atoms with van der Waals surface area (Å²) in [5, 5.41) is 3.49. The third-order valence-electron chi connectivity index (χ3n) is 3.96.